The zero-order chi connectivity index (χ0) is 15.7. The van der Waals surface area contributed by atoms with Gasteiger partial charge in [0, 0.05) is 6.20 Å². The number of aromatic nitrogens is 4. The van der Waals surface area contributed by atoms with Crippen molar-refractivity contribution in [2.45, 2.75) is 20.4 Å². The second kappa shape index (κ2) is 5.76. The average molecular weight is 321 g/mol. The molecule has 0 atom stereocenters. The summed E-state index contributed by atoms with van der Waals surface area (Å²) in [5, 5.41) is 5.33. The number of pyridine rings is 1. The van der Waals surface area contributed by atoms with Crippen LogP contribution in [-0.2, 0) is 11.3 Å². The van der Waals surface area contributed by atoms with Gasteiger partial charge in [0.2, 0.25) is 0 Å². The molecule has 0 aliphatic carbocycles. The number of rotatable bonds is 4. The first-order valence-corrected chi connectivity index (χ1v) is 7.05. The summed E-state index contributed by atoms with van der Waals surface area (Å²) in [6.07, 6.45) is 4.37. The molecule has 8 heteroatoms. The number of carbonyl (C=O) groups is 1. The summed E-state index contributed by atoms with van der Waals surface area (Å²) in [6, 6.07) is 0. The number of halogens is 1. The molecule has 0 saturated heterocycles. The average Bonchev–Trinajstić information content (AvgIpc) is 3.09. The minimum absolute atomic E-state index is 0.235. The van der Waals surface area contributed by atoms with E-state index in [1.165, 1.54) is 12.6 Å². The van der Waals surface area contributed by atoms with Gasteiger partial charge in [0.1, 0.15) is 12.3 Å². The van der Waals surface area contributed by atoms with Crippen molar-refractivity contribution in [3.8, 4) is 0 Å². The molecule has 0 radical (unpaired) electrons. The number of esters is 1. The lowest BCUT2D eigenvalue weighted by atomic mass is 10.2. The van der Waals surface area contributed by atoms with Gasteiger partial charge in [-0.25, -0.2) is 19.4 Å². The Bertz CT molecular complexity index is 826. The molecule has 3 heterocycles. The molecular weight excluding hydrogens is 308 g/mol. The molecule has 0 aromatic carbocycles. The van der Waals surface area contributed by atoms with Gasteiger partial charge in [-0.3, -0.25) is 0 Å². The molecule has 22 heavy (non-hydrogen) atoms. The Balaban J connectivity index is 2.08. The van der Waals surface area contributed by atoms with E-state index in [1.54, 1.807) is 17.8 Å². The van der Waals surface area contributed by atoms with Crippen molar-refractivity contribution in [1.82, 2.24) is 19.7 Å². The Morgan fingerprint density at radius 3 is 2.95 bits per heavy atom. The minimum atomic E-state index is -0.496. The third-order valence-electron chi connectivity index (χ3n) is 3.16. The third-order valence-corrected chi connectivity index (χ3v) is 3.55. The van der Waals surface area contributed by atoms with Crippen LogP contribution in [0.1, 0.15) is 28.7 Å². The Morgan fingerprint density at radius 2 is 2.27 bits per heavy atom. The molecule has 0 fully saturated rings. The minimum Gasteiger partial charge on any atom is -0.462 e. The summed E-state index contributed by atoms with van der Waals surface area (Å²) in [4.78, 5) is 20.1. The fourth-order valence-corrected chi connectivity index (χ4v) is 2.55. The predicted molar refractivity (Wildman–Crippen MR) is 78.8 cm³/mol. The molecule has 0 spiro atoms. The first kappa shape index (κ1) is 14.5. The highest BCUT2D eigenvalue weighted by molar-refractivity contribution is 6.38. The van der Waals surface area contributed by atoms with E-state index in [2.05, 4.69) is 15.1 Å². The van der Waals surface area contributed by atoms with E-state index in [0.29, 0.717) is 34.1 Å². The number of hydrogen-bond acceptors (Lipinski definition) is 6. The molecule has 3 aromatic rings. The van der Waals surface area contributed by atoms with Crippen molar-refractivity contribution < 1.29 is 13.9 Å². The van der Waals surface area contributed by atoms with Gasteiger partial charge in [0.25, 0.3) is 0 Å². The standard InChI is InChI=1S/C14H13ClN4O3/c1-3-21-14(20)10-5-17-13-11(12(10)15)8(2)18-19(13)6-9-4-16-7-22-9/h4-5,7H,3,6H2,1-2H3. The number of nitrogens with zero attached hydrogens (tertiary/aromatic N) is 4. The van der Waals surface area contributed by atoms with Crippen molar-refractivity contribution in [3.05, 3.63) is 40.8 Å². The fourth-order valence-electron chi connectivity index (χ4n) is 2.20. The van der Waals surface area contributed by atoms with Gasteiger partial charge in [-0.1, -0.05) is 11.6 Å². The highest BCUT2D eigenvalue weighted by Gasteiger charge is 2.20. The zero-order valence-electron chi connectivity index (χ0n) is 12.0. The van der Waals surface area contributed by atoms with Crippen LogP contribution in [0.5, 0.6) is 0 Å². The monoisotopic (exact) mass is 320 g/mol. The first-order valence-electron chi connectivity index (χ1n) is 6.68. The van der Waals surface area contributed by atoms with Crippen LogP contribution in [0.15, 0.2) is 23.2 Å². The number of oxazole rings is 1. The highest BCUT2D eigenvalue weighted by Crippen LogP contribution is 2.29. The van der Waals surface area contributed by atoms with E-state index < -0.39 is 5.97 Å². The SMILES string of the molecule is CCOC(=O)c1cnc2c(c(C)nn2Cc2cnco2)c1Cl. The second-order valence-electron chi connectivity index (χ2n) is 4.62. The summed E-state index contributed by atoms with van der Waals surface area (Å²) in [7, 11) is 0. The molecule has 0 unspecified atom stereocenters. The quantitative estimate of drug-likeness (QED) is 0.687. The molecule has 0 aliphatic rings. The van der Waals surface area contributed by atoms with Gasteiger partial charge in [-0.15, -0.1) is 0 Å². The fraction of sp³-hybridized carbons (Fsp3) is 0.286. The van der Waals surface area contributed by atoms with Gasteiger partial charge in [-0.2, -0.15) is 5.10 Å². The first-order chi connectivity index (χ1) is 10.6. The maximum absolute atomic E-state index is 11.9. The number of ether oxygens (including phenoxy) is 1. The lowest BCUT2D eigenvalue weighted by Crippen LogP contribution is -2.07. The van der Waals surface area contributed by atoms with Gasteiger partial charge < -0.3 is 9.15 Å². The number of fused-ring (bicyclic) bond motifs is 1. The second-order valence-corrected chi connectivity index (χ2v) is 4.99. The van der Waals surface area contributed by atoms with Crippen molar-refractivity contribution in [3.63, 3.8) is 0 Å². The van der Waals surface area contributed by atoms with Gasteiger partial charge in [0.05, 0.1) is 34.5 Å². The van der Waals surface area contributed by atoms with E-state index in [-0.39, 0.29) is 12.2 Å². The Kier molecular flexibility index (Phi) is 3.81. The molecular formula is C14H13ClN4O3. The van der Waals surface area contributed by atoms with Crippen LogP contribution in [0, 0.1) is 6.92 Å². The Hall–Kier alpha value is -2.41. The van der Waals surface area contributed by atoms with Gasteiger partial charge >= 0.3 is 5.97 Å². The van der Waals surface area contributed by atoms with Crippen LogP contribution in [0.4, 0.5) is 0 Å². The molecule has 0 aliphatic heterocycles. The molecule has 0 saturated carbocycles. The lowest BCUT2D eigenvalue weighted by Gasteiger charge is -2.05. The largest absolute Gasteiger partial charge is 0.462 e. The summed E-state index contributed by atoms with van der Waals surface area (Å²) >= 11 is 6.34. The summed E-state index contributed by atoms with van der Waals surface area (Å²) in [5.41, 5.74) is 1.49. The van der Waals surface area contributed by atoms with Gasteiger partial charge in [-0.05, 0) is 13.8 Å². The number of aryl methyl sites for hydroxylation is 1. The van der Waals surface area contributed by atoms with Crippen molar-refractivity contribution in [2.75, 3.05) is 6.61 Å². The molecule has 0 bridgehead atoms. The van der Waals surface area contributed by atoms with E-state index in [0.717, 1.165) is 0 Å². The van der Waals surface area contributed by atoms with Crippen LogP contribution in [0.2, 0.25) is 5.02 Å². The Labute approximate surface area is 130 Å². The normalized spacial score (nSPS) is 11.0. The summed E-state index contributed by atoms with van der Waals surface area (Å²) in [6.45, 7) is 4.20. The topological polar surface area (TPSA) is 83.0 Å². The molecule has 114 valence electrons. The number of hydrogen-bond donors (Lipinski definition) is 0. The molecule has 7 nitrogen and oxygen atoms in total. The third kappa shape index (κ3) is 2.43. The summed E-state index contributed by atoms with van der Waals surface area (Å²) in [5.74, 6) is 0.154. The lowest BCUT2D eigenvalue weighted by molar-refractivity contribution is 0.0526. The van der Waals surface area contributed by atoms with E-state index >= 15 is 0 Å². The highest BCUT2D eigenvalue weighted by atomic mass is 35.5. The molecule has 0 N–H and O–H groups in total. The van der Waals surface area contributed by atoms with E-state index in [4.69, 9.17) is 20.8 Å². The molecule has 0 amide bonds. The van der Waals surface area contributed by atoms with Gasteiger partial charge in [0.15, 0.2) is 12.0 Å². The van der Waals surface area contributed by atoms with Crippen LogP contribution < -0.4 is 0 Å². The van der Waals surface area contributed by atoms with E-state index in [9.17, 15) is 4.79 Å². The van der Waals surface area contributed by atoms with Crippen LogP contribution >= 0.6 is 11.6 Å². The maximum atomic E-state index is 11.9. The smallest absolute Gasteiger partial charge is 0.341 e. The van der Waals surface area contributed by atoms with Crippen LogP contribution in [-0.4, -0.2) is 32.3 Å². The van der Waals surface area contributed by atoms with Crippen molar-refractivity contribution in [1.29, 1.82) is 0 Å². The Morgan fingerprint density at radius 1 is 1.45 bits per heavy atom. The van der Waals surface area contributed by atoms with E-state index in [1.807, 2.05) is 6.92 Å². The van der Waals surface area contributed by atoms with Crippen molar-refractivity contribution >= 4 is 28.6 Å². The van der Waals surface area contributed by atoms with Crippen LogP contribution in [0.25, 0.3) is 11.0 Å². The predicted octanol–water partition coefficient (Wildman–Crippen LogP) is 2.61. The number of carbonyl (C=O) groups excluding carboxylic acids is 1. The summed E-state index contributed by atoms with van der Waals surface area (Å²) < 4.78 is 11.8. The van der Waals surface area contributed by atoms with Crippen LogP contribution in [0.3, 0.4) is 0 Å². The molecule has 3 rings (SSSR count). The molecule has 3 aromatic heterocycles. The zero-order valence-corrected chi connectivity index (χ0v) is 12.8. The van der Waals surface area contributed by atoms with Crippen molar-refractivity contribution in [2.24, 2.45) is 0 Å². The maximum Gasteiger partial charge on any atom is 0.341 e.